The normalized spacial score (nSPS) is 13.9. The topological polar surface area (TPSA) is 105 Å². The third kappa shape index (κ3) is 64.0. The first-order valence-electron chi connectivity index (χ1n) is 35.0. The maximum Gasteiger partial charge on any atom is 0.472 e. The Labute approximate surface area is 499 Å². The molecule has 0 bridgehead atoms. The van der Waals surface area contributed by atoms with Gasteiger partial charge in [0.2, 0.25) is 5.91 Å². The molecule has 0 radical (unpaired) electrons. The maximum atomic E-state index is 13.0. The SMILES string of the molecule is CCCCCCCCCC/C=C\CCCCCCCCCCCCCCCCCCCCCC(=O)NC(COP(=O)(O)OCC[N+](C)(C)C)C(O)/C=C/CC/C=C/CC/C=C/CCCCCCCCCCCCCCCCCCC. The van der Waals surface area contributed by atoms with Crippen molar-refractivity contribution >= 4 is 13.7 Å². The standard InChI is InChI=1S/C71H137N2O6P/c1-6-8-10-12-14-16-18-20-22-24-26-28-30-32-34-35-36-37-39-41-43-45-47-49-51-53-55-57-59-61-63-65-71(75)72-69(68-79-80(76,77)78-67-66-73(3,4)5)70(74)64-62-60-58-56-54-52-50-48-46-44-42-40-38-33-31-29-27-25-23-21-19-17-15-13-11-9-7-2/h24,26,46,48,54,56,62,64,69-70,74H,6-23,25,27-45,47,49-53,55,57-61,63,65-68H2,1-5H3,(H-,72,75,76,77)/p+1/b26-24-,48-46+,56-54+,64-62+. The van der Waals surface area contributed by atoms with Crippen LogP contribution in [0, 0.1) is 0 Å². The number of carbonyl (C=O) groups excluding carboxylic acids is 1. The number of aliphatic hydroxyl groups excluding tert-OH is 1. The summed E-state index contributed by atoms with van der Waals surface area (Å²) >= 11 is 0. The molecule has 0 aromatic carbocycles. The van der Waals surface area contributed by atoms with E-state index in [2.05, 4.69) is 55.6 Å². The Hall–Kier alpha value is -1.54. The van der Waals surface area contributed by atoms with Crippen molar-refractivity contribution in [2.24, 2.45) is 0 Å². The van der Waals surface area contributed by atoms with Crippen LogP contribution in [0.1, 0.15) is 348 Å². The van der Waals surface area contributed by atoms with Crippen LogP contribution in [0.2, 0.25) is 0 Å². The van der Waals surface area contributed by atoms with E-state index in [1.807, 2.05) is 27.2 Å². The van der Waals surface area contributed by atoms with E-state index < -0.39 is 20.0 Å². The summed E-state index contributed by atoms with van der Waals surface area (Å²) in [6.45, 7) is 4.84. The smallest absolute Gasteiger partial charge is 0.387 e. The van der Waals surface area contributed by atoms with Gasteiger partial charge in [0.25, 0.3) is 0 Å². The number of hydrogen-bond donors (Lipinski definition) is 3. The van der Waals surface area contributed by atoms with Crippen molar-refractivity contribution in [1.29, 1.82) is 0 Å². The average molecular weight is 1150 g/mol. The maximum absolute atomic E-state index is 13.0. The minimum atomic E-state index is -4.37. The Bertz CT molecular complexity index is 1440. The van der Waals surface area contributed by atoms with Crippen molar-refractivity contribution in [2.45, 2.75) is 360 Å². The molecule has 0 rings (SSSR count). The molecule has 0 aromatic rings. The lowest BCUT2D eigenvalue weighted by molar-refractivity contribution is -0.870. The van der Waals surface area contributed by atoms with Gasteiger partial charge in [-0.3, -0.25) is 13.8 Å². The van der Waals surface area contributed by atoms with E-state index in [4.69, 9.17) is 9.05 Å². The number of rotatable bonds is 65. The van der Waals surface area contributed by atoms with Gasteiger partial charge in [-0.25, -0.2) is 4.57 Å². The van der Waals surface area contributed by atoms with Gasteiger partial charge >= 0.3 is 7.82 Å². The Morgan fingerprint density at radius 1 is 0.412 bits per heavy atom. The number of nitrogens with zero attached hydrogens (tertiary/aromatic N) is 1. The molecule has 0 aliphatic rings. The number of amides is 1. The van der Waals surface area contributed by atoms with Crippen LogP contribution >= 0.6 is 7.82 Å². The van der Waals surface area contributed by atoms with Crippen molar-refractivity contribution < 1.29 is 32.9 Å². The van der Waals surface area contributed by atoms with Crippen LogP contribution in [-0.4, -0.2) is 73.4 Å². The van der Waals surface area contributed by atoms with Gasteiger partial charge in [-0.2, -0.15) is 0 Å². The monoisotopic (exact) mass is 1150 g/mol. The Kier molecular flexibility index (Phi) is 60.8. The molecule has 8 nitrogen and oxygen atoms in total. The van der Waals surface area contributed by atoms with E-state index >= 15 is 0 Å². The Balaban J connectivity index is 4.10. The summed E-state index contributed by atoms with van der Waals surface area (Å²) < 4.78 is 23.8. The molecule has 0 fully saturated rings. The fourth-order valence-electron chi connectivity index (χ4n) is 10.5. The molecule has 9 heteroatoms. The lowest BCUT2D eigenvalue weighted by Crippen LogP contribution is -2.45. The molecule has 0 heterocycles. The largest absolute Gasteiger partial charge is 0.472 e. The second kappa shape index (κ2) is 62.0. The fraction of sp³-hybridized carbons (Fsp3) is 0.873. The van der Waals surface area contributed by atoms with Crippen LogP contribution in [0.25, 0.3) is 0 Å². The summed E-state index contributed by atoms with van der Waals surface area (Å²) in [7, 11) is 1.56. The molecule has 0 saturated heterocycles. The molecule has 3 unspecified atom stereocenters. The molecule has 472 valence electrons. The summed E-state index contributed by atoms with van der Waals surface area (Å²) in [5.41, 5.74) is 0. The van der Waals surface area contributed by atoms with Crippen LogP contribution in [0.4, 0.5) is 0 Å². The highest BCUT2D eigenvalue weighted by atomic mass is 31.2. The minimum absolute atomic E-state index is 0.0544. The molecule has 3 atom stereocenters. The van der Waals surface area contributed by atoms with Crippen LogP contribution < -0.4 is 5.32 Å². The first kappa shape index (κ1) is 78.5. The number of aliphatic hydroxyl groups is 1. The first-order chi connectivity index (χ1) is 39.0. The zero-order chi connectivity index (χ0) is 58.4. The second-order valence-electron chi connectivity index (χ2n) is 25.2. The first-order valence-corrected chi connectivity index (χ1v) is 36.5. The van der Waals surface area contributed by atoms with E-state index in [1.165, 1.54) is 283 Å². The van der Waals surface area contributed by atoms with Gasteiger partial charge in [0.15, 0.2) is 0 Å². The second-order valence-corrected chi connectivity index (χ2v) is 26.7. The molecule has 0 aliphatic carbocycles. The summed E-state index contributed by atoms with van der Waals surface area (Å²) in [6, 6.07) is -0.871. The molecule has 80 heavy (non-hydrogen) atoms. The van der Waals surface area contributed by atoms with Crippen molar-refractivity contribution in [1.82, 2.24) is 5.32 Å². The van der Waals surface area contributed by atoms with E-state index in [-0.39, 0.29) is 19.1 Å². The minimum Gasteiger partial charge on any atom is -0.387 e. The van der Waals surface area contributed by atoms with Crippen LogP contribution in [0.15, 0.2) is 48.6 Å². The molecule has 1 amide bonds. The van der Waals surface area contributed by atoms with Crippen molar-refractivity contribution in [2.75, 3.05) is 40.9 Å². The van der Waals surface area contributed by atoms with Gasteiger partial charge < -0.3 is 19.8 Å². The van der Waals surface area contributed by atoms with Crippen LogP contribution in [0.5, 0.6) is 0 Å². The zero-order valence-electron chi connectivity index (χ0n) is 54.1. The number of carbonyl (C=O) groups is 1. The van der Waals surface area contributed by atoms with Crippen molar-refractivity contribution in [3.63, 3.8) is 0 Å². The highest BCUT2D eigenvalue weighted by molar-refractivity contribution is 7.47. The quantitative estimate of drug-likeness (QED) is 0.0243. The molecule has 3 N–H and O–H groups in total. The van der Waals surface area contributed by atoms with Gasteiger partial charge in [0.1, 0.15) is 13.2 Å². The molecular weight excluding hydrogens is 1010 g/mol. The van der Waals surface area contributed by atoms with E-state index in [0.29, 0.717) is 17.4 Å². The van der Waals surface area contributed by atoms with Crippen LogP contribution in [0.3, 0.4) is 0 Å². The van der Waals surface area contributed by atoms with Gasteiger partial charge in [-0.15, -0.1) is 0 Å². The molecule has 0 spiro atoms. The van der Waals surface area contributed by atoms with Crippen molar-refractivity contribution in [3.05, 3.63) is 48.6 Å². The number of nitrogens with one attached hydrogen (secondary N) is 1. The highest BCUT2D eigenvalue weighted by Crippen LogP contribution is 2.43. The third-order valence-electron chi connectivity index (χ3n) is 16.0. The van der Waals surface area contributed by atoms with E-state index in [1.54, 1.807) is 6.08 Å². The molecule has 0 aromatic heterocycles. The number of allylic oxidation sites excluding steroid dienone is 7. The molecule has 0 saturated carbocycles. The van der Waals surface area contributed by atoms with E-state index in [0.717, 1.165) is 44.9 Å². The number of hydrogen-bond acceptors (Lipinski definition) is 5. The highest BCUT2D eigenvalue weighted by Gasteiger charge is 2.28. The van der Waals surface area contributed by atoms with Gasteiger partial charge in [0.05, 0.1) is 39.9 Å². The molecular formula is C71H138N2O6P+. The fourth-order valence-corrected chi connectivity index (χ4v) is 11.3. The number of phosphoric ester groups is 1. The number of quaternary nitrogens is 1. The summed E-state index contributed by atoms with van der Waals surface area (Å²) in [4.78, 5) is 23.4. The van der Waals surface area contributed by atoms with Gasteiger partial charge in [-0.1, -0.05) is 319 Å². The number of phosphoric acid groups is 1. The summed E-state index contributed by atoms with van der Waals surface area (Å²) in [5.74, 6) is -0.185. The Morgan fingerprint density at radius 2 is 0.688 bits per heavy atom. The molecule has 0 aliphatic heterocycles. The van der Waals surface area contributed by atoms with Crippen molar-refractivity contribution in [3.8, 4) is 0 Å². The Morgan fingerprint density at radius 3 is 1.00 bits per heavy atom. The average Bonchev–Trinajstić information content (AvgIpc) is 3.42. The predicted molar refractivity (Wildman–Crippen MR) is 351 cm³/mol. The van der Waals surface area contributed by atoms with Gasteiger partial charge in [0, 0.05) is 6.42 Å². The zero-order valence-corrected chi connectivity index (χ0v) is 55.0. The summed E-state index contributed by atoms with van der Waals surface area (Å²) in [6.07, 6.45) is 84.1. The predicted octanol–water partition coefficient (Wildman–Crippen LogP) is 22.2. The lowest BCUT2D eigenvalue weighted by Gasteiger charge is -2.25. The third-order valence-corrected chi connectivity index (χ3v) is 17.0. The lowest BCUT2D eigenvalue weighted by atomic mass is 10.0. The van der Waals surface area contributed by atoms with Crippen LogP contribution in [-0.2, 0) is 18.4 Å². The number of unbranched alkanes of at least 4 members (excludes halogenated alkanes) is 46. The van der Waals surface area contributed by atoms with E-state index in [9.17, 15) is 19.4 Å². The summed E-state index contributed by atoms with van der Waals surface area (Å²) in [5, 5.41) is 14.0. The number of likely N-dealkylation sites (N-methyl/N-ethyl adjacent to an activating group) is 1. The van der Waals surface area contributed by atoms with Gasteiger partial charge in [-0.05, 0) is 70.6 Å².